The highest BCUT2D eigenvalue weighted by Gasteiger charge is 2.47. The number of carbonyl (C=O) groups is 1. The van der Waals surface area contributed by atoms with E-state index >= 15 is 0 Å². The number of amides is 1. The van der Waals surface area contributed by atoms with Gasteiger partial charge >= 0.3 is 0 Å². The Morgan fingerprint density at radius 3 is 2.27 bits per heavy atom. The molecule has 2 atom stereocenters. The molecular weight excluding hydrogens is 434 g/mol. The number of rotatable bonds is 5. The average Bonchev–Trinajstić information content (AvgIpc) is 2.80. The van der Waals surface area contributed by atoms with Crippen molar-refractivity contribution in [2.24, 2.45) is 0 Å². The summed E-state index contributed by atoms with van der Waals surface area (Å²) in [7, 11) is -5.94. The Hall–Kier alpha value is -0.703. The van der Waals surface area contributed by atoms with Gasteiger partial charge < -0.3 is 4.43 Å². The van der Waals surface area contributed by atoms with Crippen molar-refractivity contribution in [1.29, 1.82) is 0 Å². The van der Waals surface area contributed by atoms with E-state index in [0.29, 0.717) is 6.42 Å². The highest BCUT2D eigenvalue weighted by Crippen LogP contribution is 2.38. The van der Waals surface area contributed by atoms with Crippen molar-refractivity contribution < 1.29 is 17.6 Å². The number of aryl methyl sites for hydroxylation is 1. The van der Waals surface area contributed by atoms with Crippen LogP contribution in [-0.4, -0.2) is 44.4 Å². The number of hydrogen-bond donors (Lipinski definition) is 0. The first-order valence-corrected chi connectivity index (χ1v) is 14.0. The summed E-state index contributed by atoms with van der Waals surface area (Å²) >= 11 is 3.32. The van der Waals surface area contributed by atoms with E-state index in [9.17, 15) is 13.2 Å². The topological polar surface area (TPSA) is 63.7 Å². The van der Waals surface area contributed by atoms with Crippen LogP contribution in [0, 0.1) is 6.92 Å². The molecule has 0 spiro atoms. The first-order chi connectivity index (χ1) is 11.8. The third-order valence-corrected chi connectivity index (χ3v) is 12.4. The molecule has 0 aromatic heterocycles. The van der Waals surface area contributed by atoms with Crippen LogP contribution in [0.1, 0.15) is 32.8 Å². The van der Waals surface area contributed by atoms with Crippen LogP contribution in [0.15, 0.2) is 29.2 Å². The summed E-state index contributed by atoms with van der Waals surface area (Å²) in [5.41, 5.74) is 0.966. The lowest BCUT2D eigenvalue weighted by Gasteiger charge is -2.37. The maximum Gasteiger partial charge on any atom is 0.266 e. The smallest absolute Gasteiger partial charge is 0.266 e. The van der Waals surface area contributed by atoms with Crippen molar-refractivity contribution in [2.75, 3.05) is 6.61 Å². The van der Waals surface area contributed by atoms with Crippen LogP contribution >= 0.6 is 15.9 Å². The number of halogens is 1. The Balaban J connectivity index is 2.29. The van der Waals surface area contributed by atoms with E-state index in [1.807, 2.05) is 6.92 Å². The largest absolute Gasteiger partial charge is 0.415 e. The molecule has 0 saturated carbocycles. The molecule has 0 N–H and O–H groups in total. The normalized spacial score (nSPS) is 22.1. The van der Waals surface area contributed by atoms with Gasteiger partial charge in [-0.05, 0) is 43.6 Å². The van der Waals surface area contributed by atoms with E-state index in [1.165, 1.54) is 0 Å². The number of benzene rings is 1. The van der Waals surface area contributed by atoms with Gasteiger partial charge in [0.1, 0.15) is 0 Å². The molecular formula is C18H28BrNO4SSi. The molecule has 146 valence electrons. The van der Waals surface area contributed by atoms with Crippen molar-refractivity contribution >= 4 is 40.2 Å². The third kappa shape index (κ3) is 4.23. The predicted molar refractivity (Wildman–Crippen MR) is 109 cm³/mol. The number of alkyl halides is 1. The monoisotopic (exact) mass is 461 g/mol. The van der Waals surface area contributed by atoms with Gasteiger partial charge in [-0.25, -0.2) is 12.7 Å². The molecule has 8 heteroatoms. The number of carbonyl (C=O) groups excluding carboxylic acids is 1. The summed E-state index contributed by atoms with van der Waals surface area (Å²) in [4.78, 5) is 12.2. The molecule has 0 aliphatic carbocycles. The molecule has 5 nitrogen and oxygen atoms in total. The van der Waals surface area contributed by atoms with E-state index in [0.717, 1.165) is 9.87 Å². The second kappa shape index (κ2) is 7.37. The van der Waals surface area contributed by atoms with Crippen LogP contribution in [0.3, 0.4) is 0 Å². The fourth-order valence-electron chi connectivity index (χ4n) is 2.55. The fraction of sp³-hybridized carbons (Fsp3) is 0.611. The number of nitrogens with zero attached hydrogens (tertiary/aromatic N) is 1. The highest BCUT2D eigenvalue weighted by molar-refractivity contribution is 9.10. The lowest BCUT2D eigenvalue weighted by atomic mass is 10.2. The molecule has 1 aliphatic heterocycles. The van der Waals surface area contributed by atoms with Gasteiger partial charge in [-0.3, -0.25) is 4.79 Å². The molecule has 1 saturated heterocycles. The minimum absolute atomic E-state index is 0.0179. The molecule has 1 aromatic rings. The summed E-state index contributed by atoms with van der Waals surface area (Å²) in [6.07, 6.45) is 0.415. The third-order valence-electron chi connectivity index (χ3n) is 5.32. The van der Waals surface area contributed by atoms with Crippen molar-refractivity contribution in [3.63, 3.8) is 0 Å². The zero-order chi connectivity index (χ0) is 19.9. The summed E-state index contributed by atoms with van der Waals surface area (Å²) < 4.78 is 33.4. The zero-order valence-electron chi connectivity index (χ0n) is 16.2. The number of sulfonamides is 1. The Bertz CT molecular complexity index is 771. The SMILES string of the molecule is Cc1ccc(S(=O)(=O)N2C(=O)[C@@H](Br)C[C@H]2CO[Si](C)(C)C(C)(C)C)cc1. The van der Waals surface area contributed by atoms with E-state index in [2.05, 4.69) is 49.8 Å². The molecule has 2 rings (SSSR count). The molecule has 0 unspecified atom stereocenters. The predicted octanol–water partition coefficient (Wildman–Crippen LogP) is 4.07. The quantitative estimate of drug-likeness (QED) is 0.489. The standard InChI is InChI=1S/C18H28BrNO4SSi/c1-13-7-9-15(10-8-13)25(22,23)20-14(11-16(19)17(20)21)12-24-26(5,6)18(2,3)4/h7-10,14,16H,11-12H2,1-6H3/t14-,16-/m0/s1. The first kappa shape index (κ1) is 21.6. The van der Waals surface area contributed by atoms with Gasteiger partial charge in [0, 0.05) is 0 Å². The first-order valence-electron chi connectivity index (χ1n) is 8.70. The summed E-state index contributed by atoms with van der Waals surface area (Å²) in [6.45, 7) is 12.8. The molecule has 1 amide bonds. The lowest BCUT2D eigenvalue weighted by molar-refractivity contribution is -0.124. The van der Waals surface area contributed by atoms with E-state index in [4.69, 9.17) is 4.43 Å². The molecule has 26 heavy (non-hydrogen) atoms. The Kier molecular flexibility index (Phi) is 6.12. The maximum atomic E-state index is 13.1. The van der Waals surface area contributed by atoms with Crippen LogP contribution in [0.4, 0.5) is 0 Å². The van der Waals surface area contributed by atoms with E-state index in [1.54, 1.807) is 24.3 Å². The van der Waals surface area contributed by atoms with Gasteiger partial charge in [-0.2, -0.15) is 0 Å². The van der Waals surface area contributed by atoms with Crippen LogP contribution < -0.4 is 0 Å². The van der Waals surface area contributed by atoms with Gasteiger partial charge in [0.15, 0.2) is 8.32 Å². The van der Waals surface area contributed by atoms with Crippen molar-refractivity contribution in [3.8, 4) is 0 Å². The molecule has 1 heterocycles. The van der Waals surface area contributed by atoms with Crippen molar-refractivity contribution in [3.05, 3.63) is 29.8 Å². The Morgan fingerprint density at radius 1 is 1.23 bits per heavy atom. The number of hydrogen-bond acceptors (Lipinski definition) is 4. The van der Waals surface area contributed by atoms with Gasteiger partial charge in [-0.15, -0.1) is 0 Å². The average molecular weight is 462 g/mol. The minimum Gasteiger partial charge on any atom is -0.415 e. The van der Waals surface area contributed by atoms with Gasteiger partial charge in [0.25, 0.3) is 15.9 Å². The summed E-state index contributed by atoms with van der Waals surface area (Å²) in [6, 6.07) is 6.07. The second-order valence-corrected chi connectivity index (χ2v) is 16.1. The van der Waals surface area contributed by atoms with E-state index < -0.39 is 35.1 Å². The second-order valence-electron chi connectivity index (χ2n) is 8.38. The van der Waals surface area contributed by atoms with Crippen molar-refractivity contribution in [2.45, 2.75) is 68.0 Å². The van der Waals surface area contributed by atoms with Gasteiger partial charge in [-0.1, -0.05) is 54.4 Å². The summed E-state index contributed by atoms with van der Waals surface area (Å²) in [5, 5.41) is 0.0179. The highest BCUT2D eigenvalue weighted by atomic mass is 79.9. The lowest BCUT2D eigenvalue weighted by Crippen LogP contribution is -2.46. The summed E-state index contributed by atoms with van der Waals surface area (Å²) in [5.74, 6) is -0.422. The Morgan fingerprint density at radius 2 is 1.77 bits per heavy atom. The molecule has 1 aliphatic rings. The van der Waals surface area contributed by atoms with Crippen LogP contribution in [0.25, 0.3) is 0 Å². The van der Waals surface area contributed by atoms with Crippen molar-refractivity contribution in [1.82, 2.24) is 4.31 Å². The molecule has 1 fully saturated rings. The Labute approximate surface area is 166 Å². The fourth-order valence-corrected chi connectivity index (χ4v) is 5.99. The zero-order valence-corrected chi connectivity index (χ0v) is 19.6. The van der Waals surface area contributed by atoms with Crippen LogP contribution in [0.2, 0.25) is 18.1 Å². The van der Waals surface area contributed by atoms with Gasteiger partial charge in [0.2, 0.25) is 0 Å². The molecule has 0 bridgehead atoms. The van der Waals surface area contributed by atoms with Crippen LogP contribution in [0.5, 0.6) is 0 Å². The van der Waals surface area contributed by atoms with Gasteiger partial charge in [0.05, 0.1) is 22.4 Å². The molecule has 0 radical (unpaired) electrons. The van der Waals surface area contributed by atoms with Crippen LogP contribution in [-0.2, 0) is 19.2 Å². The van der Waals surface area contributed by atoms with E-state index in [-0.39, 0.29) is 16.5 Å². The minimum atomic E-state index is -3.90. The maximum absolute atomic E-state index is 13.1. The molecule has 1 aromatic carbocycles.